The van der Waals surface area contributed by atoms with Crippen LogP contribution in [0.2, 0.25) is 0 Å². The summed E-state index contributed by atoms with van der Waals surface area (Å²) in [6.45, 7) is 0.814. The lowest BCUT2D eigenvalue weighted by molar-refractivity contribution is -0.688. The van der Waals surface area contributed by atoms with Crippen LogP contribution in [0, 0.1) is 0 Å². The first-order valence-corrected chi connectivity index (χ1v) is 8.48. The van der Waals surface area contributed by atoms with Gasteiger partial charge in [0, 0.05) is 47.4 Å². The lowest BCUT2D eigenvalue weighted by Gasteiger charge is -2.04. The van der Waals surface area contributed by atoms with Crippen molar-refractivity contribution < 1.29 is 4.57 Å². The minimum Gasteiger partial charge on any atom is -0.265 e. The zero-order valence-corrected chi connectivity index (χ0v) is 14.3. The van der Waals surface area contributed by atoms with Crippen molar-refractivity contribution in [2.75, 3.05) is 0 Å². The van der Waals surface area contributed by atoms with E-state index in [-0.39, 0.29) is 0 Å². The first-order chi connectivity index (χ1) is 12.8. The number of hydrogen-bond donors (Lipinski definition) is 0. The second-order valence-electron chi connectivity index (χ2n) is 6.17. The molecule has 122 valence electrons. The molecule has 3 heterocycles. The summed E-state index contributed by atoms with van der Waals surface area (Å²) in [5.74, 6) is 0. The highest BCUT2D eigenvalue weighted by atomic mass is 14.9. The summed E-state index contributed by atoms with van der Waals surface area (Å²) in [5, 5.41) is 0. The van der Waals surface area contributed by atoms with E-state index < -0.39 is 0 Å². The summed E-state index contributed by atoms with van der Waals surface area (Å²) in [4.78, 5) is 8.65. The van der Waals surface area contributed by atoms with Gasteiger partial charge in [-0.2, -0.15) is 0 Å². The quantitative estimate of drug-likeness (QED) is 0.424. The maximum absolute atomic E-state index is 5.74. The van der Waals surface area contributed by atoms with Crippen molar-refractivity contribution >= 4 is 13.3 Å². The van der Waals surface area contributed by atoms with Gasteiger partial charge in [-0.1, -0.05) is 35.8 Å². The van der Waals surface area contributed by atoms with Crippen LogP contribution in [-0.4, -0.2) is 17.8 Å². The van der Waals surface area contributed by atoms with E-state index in [2.05, 4.69) is 63.3 Å². The summed E-state index contributed by atoms with van der Waals surface area (Å²) in [6, 6.07) is 20.3. The molecule has 0 aliphatic rings. The van der Waals surface area contributed by atoms with Crippen molar-refractivity contribution in [3.8, 4) is 22.4 Å². The molecule has 4 aromatic rings. The Kier molecular flexibility index (Phi) is 4.56. The highest BCUT2D eigenvalue weighted by molar-refractivity contribution is 6.32. The number of pyridine rings is 3. The number of hydrogen-bond acceptors (Lipinski definition) is 2. The molecule has 4 heteroatoms. The molecule has 0 atom stereocenters. The van der Waals surface area contributed by atoms with Crippen LogP contribution in [0.5, 0.6) is 0 Å². The minimum atomic E-state index is 0.787. The lowest BCUT2D eigenvalue weighted by Crippen LogP contribution is -2.33. The standard InChI is InChI=1S/C22H17BN3/c23-21-4-1-17(2-5-21)16-26-13-9-19(10-14-26)22-6-3-20(15-25-22)18-7-11-24-12-8-18/h1-15H,16H2/q+1. The van der Waals surface area contributed by atoms with Crippen LogP contribution in [0.4, 0.5) is 0 Å². The molecule has 0 N–H and O–H groups in total. The molecular weight excluding hydrogens is 317 g/mol. The van der Waals surface area contributed by atoms with E-state index in [0.717, 1.165) is 34.4 Å². The molecule has 2 radical (unpaired) electrons. The van der Waals surface area contributed by atoms with Gasteiger partial charge in [0.25, 0.3) is 0 Å². The monoisotopic (exact) mass is 334 g/mol. The Labute approximate surface area is 154 Å². The largest absolute Gasteiger partial charge is 0.265 e. The van der Waals surface area contributed by atoms with E-state index in [1.165, 1.54) is 5.56 Å². The molecule has 1 aromatic carbocycles. The first kappa shape index (κ1) is 16.2. The lowest BCUT2D eigenvalue weighted by atomic mass is 9.95. The van der Waals surface area contributed by atoms with Crippen LogP contribution in [0.3, 0.4) is 0 Å². The summed E-state index contributed by atoms with van der Waals surface area (Å²) < 4.78 is 2.14. The molecule has 0 unspecified atom stereocenters. The van der Waals surface area contributed by atoms with Crippen molar-refractivity contribution in [3.63, 3.8) is 0 Å². The van der Waals surface area contributed by atoms with E-state index in [9.17, 15) is 0 Å². The normalized spacial score (nSPS) is 10.6. The van der Waals surface area contributed by atoms with E-state index in [1.54, 1.807) is 12.4 Å². The maximum Gasteiger partial charge on any atom is 0.173 e. The SMILES string of the molecule is [B]c1ccc(C[n+]2ccc(-c3ccc(-c4ccncc4)cn3)cc2)cc1. The van der Waals surface area contributed by atoms with E-state index >= 15 is 0 Å². The van der Waals surface area contributed by atoms with Crippen molar-refractivity contribution in [2.24, 2.45) is 0 Å². The molecule has 0 amide bonds. The van der Waals surface area contributed by atoms with E-state index in [1.807, 2.05) is 30.5 Å². The molecular formula is C22H17BN3+. The topological polar surface area (TPSA) is 29.7 Å². The Balaban J connectivity index is 1.50. The van der Waals surface area contributed by atoms with Crippen molar-refractivity contribution in [1.29, 1.82) is 0 Å². The molecule has 4 rings (SSSR count). The van der Waals surface area contributed by atoms with Gasteiger partial charge in [-0.3, -0.25) is 9.97 Å². The molecule has 0 aliphatic heterocycles. The van der Waals surface area contributed by atoms with Gasteiger partial charge in [-0.05, 0) is 23.8 Å². The van der Waals surface area contributed by atoms with E-state index in [0.29, 0.717) is 0 Å². The smallest absolute Gasteiger partial charge is 0.173 e. The van der Waals surface area contributed by atoms with Gasteiger partial charge >= 0.3 is 0 Å². The fraction of sp³-hybridized carbons (Fsp3) is 0.0455. The van der Waals surface area contributed by atoms with Crippen LogP contribution >= 0.6 is 0 Å². The highest BCUT2D eigenvalue weighted by Crippen LogP contribution is 2.21. The van der Waals surface area contributed by atoms with E-state index in [4.69, 9.17) is 7.85 Å². The number of benzene rings is 1. The summed E-state index contributed by atoms with van der Waals surface area (Å²) in [6.07, 6.45) is 9.63. The Bertz CT molecular complexity index is 980. The molecule has 3 nitrogen and oxygen atoms in total. The van der Waals surface area contributed by atoms with Crippen molar-refractivity contribution in [3.05, 3.63) is 97.2 Å². The third-order valence-corrected chi connectivity index (χ3v) is 4.31. The van der Waals surface area contributed by atoms with Gasteiger partial charge in [0.05, 0.1) is 5.69 Å². The van der Waals surface area contributed by atoms with Gasteiger partial charge in [0.15, 0.2) is 18.9 Å². The molecule has 0 saturated heterocycles. The Hall–Kier alpha value is -3.27. The van der Waals surface area contributed by atoms with Crippen molar-refractivity contribution in [2.45, 2.75) is 6.54 Å². The number of rotatable bonds is 4. The average Bonchev–Trinajstić information content (AvgIpc) is 2.71. The third kappa shape index (κ3) is 3.70. The highest BCUT2D eigenvalue weighted by Gasteiger charge is 2.06. The second-order valence-corrected chi connectivity index (χ2v) is 6.17. The van der Waals surface area contributed by atoms with Crippen LogP contribution in [0.25, 0.3) is 22.4 Å². The average molecular weight is 334 g/mol. The van der Waals surface area contributed by atoms with Crippen LogP contribution in [-0.2, 0) is 6.54 Å². The second kappa shape index (κ2) is 7.32. The summed E-state index contributed by atoms with van der Waals surface area (Å²) in [5.41, 5.74) is 6.27. The van der Waals surface area contributed by atoms with Crippen LogP contribution < -0.4 is 10.0 Å². The molecule has 0 saturated carbocycles. The van der Waals surface area contributed by atoms with Crippen molar-refractivity contribution in [1.82, 2.24) is 9.97 Å². The fourth-order valence-corrected chi connectivity index (χ4v) is 2.85. The number of nitrogens with zero attached hydrogens (tertiary/aromatic N) is 3. The fourth-order valence-electron chi connectivity index (χ4n) is 2.85. The van der Waals surface area contributed by atoms with Gasteiger partial charge in [-0.15, -0.1) is 0 Å². The number of aromatic nitrogens is 3. The Morgan fingerprint density at radius 2 is 1.46 bits per heavy atom. The predicted molar refractivity (Wildman–Crippen MR) is 104 cm³/mol. The van der Waals surface area contributed by atoms with Gasteiger partial charge < -0.3 is 0 Å². The van der Waals surface area contributed by atoms with Crippen LogP contribution in [0.15, 0.2) is 91.6 Å². The summed E-state index contributed by atoms with van der Waals surface area (Å²) >= 11 is 0. The van der Waals surface area contributed by atoms with Gasteiger partial charge in [-0.25, -0.2) is 4.57 Å². The van der Waals surface area contributed by atoms with Gasteiger partial charge in [0.2, 0.25) is 0 Å². The predicted octanol–water partition coefficient (Wildman–Crippen LogP) is 2.94. The first-order valence-electron chi connectivity index (χ1n) is 8.48. The molecule has 0 spiro atoms. The Morgan fingerprint density at radius 1 is 0.731 bits per heavy atom. The zero-order chi connectivity index (χ0) is 17.8. The molecule has 3 aromatic heterocycles. The molecule has 0 aliphatic carbocycles. The Morgan fingerprint density at radius 3 is 2.12 bits per heavy atom. The zero-order valence-electron chi connectivity index (χ0n) is 14.3. The summed E-state index contributed by atoms with van der Waals surface area (Å²) in [7, 11) is 5.74. The maximum atomic E-state index is 5.74. The third-order valence-electron chi connectivity index (χ3n) is 4.31. The minimum absolute atomic E-state index is 0.787. The van der Waals surface area contributed by atoms with Crippen LogP contribution in [0.1, 0.15) is 5.56 Å². The van der Waals surface area contributed by atoms with Gasteiger partial charge in [0.1, 0.15) is 7.85 Å². The molecule has 26 heavy (non-hydrogen) atoms. The molecule has 0 fully saturated rings. The molecule has 0 bridgehead atoms.